The predicted octanol–water partition coefficient (Wildman–Crippen LogP) is 2.76. The lowest BCUT2D eigenvalue weighted by Crippen LogP contribution is -2.43. The molecule has 0 bridgehead atoms. The molecular formula is C26H27N3O5. The van der Waals surface area contributed by atoms with Crippen LogP contribution in [0, 0.1) is 0 Å². The van der Waals surface area contributed by atoms with E-state index in [1.54, 1.807) is 11.5 Å². The van der Waals surface area contributed by atoms with E-state index in [0.717, 1.165) is 22.0 Å². The SMILES string of the molecule is CC[C@@]1(O)C(=O)CCc2c1cc1n(c2=O)Cc2c-1nc1cc3c(cc1c2CNC(C)C)OCO3. The fourth-order valence-corrected chi connectivity index (χ4v) is 5.44. The number of hydrogen-bond acceptors (Lipinski definition) is 7. The number of rotatable bonds is 4. The minimum absolute atomic E-state index is 0.147. The summed E-state index contributed by atoms with van der Waals surface area (Å²) in [5.41, 5.74) is 3.34. The minimum atomic E-state index is -1.63. The topological polar surface area (TPSA) is 103 Å². The zero-order valence-corrected chi connectivity index (χ0v) is 19.5. The fraction of sp³-hybridized carbons (Fsp3) is 0.423. The molecule has 0 saturated heterocycles. The third-order valence-corrected chi connectivity index (χ3v) is 7.37. The number of ketones is 1. The molecule has 3 aliphatic rings. The minimum Gasteiger partial charge on any atom is -0.454 e. The number of carbonyl (C=O) groups excluding carboxylic acids is 1. The van der Waals surface area contributed by atoms with E-state index in [4.69, 9.17) is 14.5 Å². The van der Waals surface area contributed by atoms with Crippen LogP contribution in [0.5, 0.6) is 11.5 Å². The van der Waals surface area contributed by atoms with Crippen molar-refractivity contribution in [3.63, 3.8) is 0 Å². The fourth-order valence-electron chi connectivity index (χ4n) is 5.44. The normalized spacial score (nSPS) is 20.1. The van der Waals surface area contributed by atoms with Crippen LogP contribution in [0.2, 0.25) is 0 Å². The number of Topliss-reactive ketones (excluding diaryl/α,β-unsaturated/α-hetero) is 1. The average molecular weight is 462 g/mol. The van der Waals surface area contributed by atoms with Crippen LogP contribution in [-0.4, -0.2) is 33.3 Å². The van der Waals surface area contributed by atoms with Crippen LogP contribution < -0.4 is 20.3 Å². The molecule has 0 unspecified atom stereocenters. The first kappa shape index (κ1) is 21.3. The Hall–Kier alpha value is -3.23. The summed E-state index contributed by atoms with van der Waals surface area (Å²) >= 11 is 0. The summed E-state index contributed by atoms with van der Waals surface area (Å²) in [6, 6.07) is 5.93. The maximum absolute atomic E-state index is 13.6. The van der Waals surface area contributed by atoms with Gasteiger partial charge < -0.3 is 24.5 Å². The number of aliphatic hydroxyl groups is 1. The van der Waals surface area contributed by atoms with Crippen molar-refractivity contribution in [1.82, 2.24) is 14.9 Å². The van der Waals surface area contributed by atoms with Gasteiger partial charge in [0.25, 0.3) is 5.56 Å². The monoisotopic (exact) mass is 461 g/mol. The van der Waals surface area contributed by atoms with E-state index in [1.807, 2.05) is 18.2 Å². The van der Waals surface area contributed by atoms with Gasteiger partial charge in [-0.25, -0.2) is 4.98 Å². The van der Waals surface area contributed by atoms with Crippen LogP contribution in [0.3, 0.4) is 0 Å². The van der Waals surface area contributed by atoms with Crippen molar-refractivity contribution in [2.75, 3.05) is 6.79 Å². The van der Waals surface area contributed by atoms with Crippen LogP contribution >= 0.6 is 0 Å². The van der Waals surface area contributed by atoms with E-state index < -0.39 is 5.60 Å². The number of carbonyl (C=O) groups is 1. The van der Waals surface area contributed by atoms with Gasteiger partial charge in [-0.05, 0) is 30.5 Å². The highest BCUT2D eigenvalue weighted by Gasteiger charge is 2.43. The molecular weight excluding hydrogens is 434 g/mol. The summed E-state index contributed by atoms with van der Waals surface area (Å²) < 4.78 is 12.9. The number of ether oxygens (including phenoxy) is 2. The Kier molecular flexibility index (Phi) is 4.63. The standard InChI is InChI=1S/C26H27N3O5/c1-4-26(32)18-8-20-24-17(11-29(20)25(31)14(18)5-6-23(26)30)16(10-27-13(2)3)15-7-21-22(34-12-33-21)9-19(15)28-24/h7-9,13,27,32H,4-6,10-12H2,1-3H3/t26-/m0/s1. The summed E-state index contributed by atoms with van der Waals surface area (Å²) in [5, 5.41) is 15.7. The molecule has 8 heteroatoms. The lowest BCUT2D eigenvalue weighted by atomic mass is 9.77. The van der Waals surface area contributed by atoms with Gasteiger partial charge in [0.1, 0.15) is 5.60 Å². The Balaban J connectivity index is 1.62. The Bertz CT molecular complexity index is 1440. The van der Waals surface area contributed by atoms with Crippen molar-refractivity contribution < 1.29 is 19.4 Å². The predicted molar refractivity (Wildman–Crippen MR) is 126 cm³/mol. The van der Waals surface area contributed by atoms with Gasteiger partial charge in [-0.3, -0.25) is 9.59 Å². The quantitative estimate of drug-likeness (QED) is 0.482. The summed E-state index contributed by atoms with van der Waals surface area (Å²) in [6.45, 7) is 7.15. The van der Waals surface area contributed by atoms with Gasteiger partial charge in [-0.2, -0.15) is 0 Å². The third kappa shape index (κ3) is 2.88. The highest BCUT2D eigenvalue weighted by molar-refractivity contribution is 5.93. The van der Waals surface area contributed by atoms with Gasteiger partial charge in [0.15, 0.2) is 17.3 Å². The molecule has 34 heavy (non-hydrogen) atoms. The van der Waals surface area contributed by atoms with Gasteiger partial charge in [0.05, 0.1) is 23.4 Å². The summed E-state index contributed by atoms with van der Waals surface area (Å²) in [4.78, 5) is 31.2. The number of aromatic nitrogens is 2. The van der Waals surface area contributed by atoms with Crippen LogP contribution in [0.1, 0.15) is 55.9 Å². The molecule has 6 rings (SSSR count). The molecule has 1 aromatic carbocycles. The van der Waals surface area contributed by atoms with Gasteiger partial charge in [0, 0.05) is 47.2 Å². The van der Waals surface area contributed by atoms with Gasteiger partial charge in [-0.1, -0.05) is 20.8 Å². The molecule has 2 aliphatic heterocycles. The average Bonchev–Trinajstić information content (AvgIpc) is 3.42. The van der Waals surface area contributed by atoms with Crippen molar-refractivity contribution >= 4 is 16.7 Å². The molecule has 0 fully saturated rings. The molecule has 0 spiro atoms. The highest BCUT2D eigenvalue weighted by atomic mass is 16.7. The van der Waals surface area contributed by atoms with Crippen LogP contribution in [-0.2, 0) is 29.9 Å². The first-order valence-electron chi connectivity index (χ1n) is 11.8. The van der Waals surface area contributed by atoms with Crippen molar-refractivity contribution in [2.45, 2.75) is 64.8 Å². The Morgan fingerprint density at radius 1 is 1.15 bits per heavy atom. The number of fused-ring (bicyclic) bond motifs is 6. The van der Waals surface area contributed by atoms with Crippen molar-refractivity contribution in [3.8, 4) is 22.9 Å². The highest BCUT2D eigenvalue weighted by Crippen LogP contribution is 2.43. The van der Waals surface area contributed by atoms with Crippen molar-refractivity contribution in [3.05, 3.63) is 50.8 Å². The van der Waals surface area contributed by atoms with Crippen molar-refractivity contribution in [1.29, 1.82) is 0 Å². The maximum atomic E-state index is 13.6. The smallest absolute Gasteiger partial charge is 0.254 e. The van der Waals surface area contributed by atoms with E-state index in [2.05, 4.69) is 19.2 Å². The summed E-state index contributed by atoms with van der Waals surface area (Å²) in [5.74, 6) is 1.11. The van der Waals surface area contributed by atoms with Crippen molar-refractivity contribution in [2.24, 2.45) is 0 Å². The van der Waals surface area contributed by atoms with E-state index in [0.29, 0.717) is 53.5 Å². The zero-order chi connectivity index (χ0) is 23.8. The van der Waals surface area contributed by atoms with Crippen LogP contribution in [0.25, 0.3) is 22.3 Å². The van der Waals surface area contributed by atoms with E-state index in [9.17, 15) is 14.7 Å². The Labute approximate surface area is 196 Å². The molecule has 8 nitrogen and oxygen atoms in total. The number of benzene rings is 1. The third-order valence-electron chi connectivity index (χ3n) is 7.37. The van der Waals surface area contributed by atoms with Gasteiger partial charge >= 0.3 is 0 Å². The molecule has 1 aliphatic carbocycles. The van der Waals surface area contributed by atoms with Crippen LogP contribution in [0.4, 0.5) is 0 Å². The van der Waals surface area contributed by atoms with E-state index in [1.165, 1.54) is 0 Å². The molecule has 2 aromatic heterocycles. The number of hydrogen-bond donors (Lipinski definition) is 2. The second kappa shape index (κ2) is 7.38. The molecule has 2 N–H and O–H groups in total. The maximum Gasteiger partial charge on any atom is 0.254 e. The largest absolute Gasteiger partial charge is 0.454 e. The number of pyridine rings is 2. The molecule has 0 saturated carbocycles. The zero-order valence-electron chi connectivity index (χ0n) is 19.5. The molecule has 3 aromatic rings. The summed E-state index contributed by atoms with van der Waals surface area (Å²) in [6.07, 6.45) is 0.757. The number of nitrogens with one attached hydrogen (secondary N) is 1. The lowest BCUT2D eigenvalue weighted by Gasteiger charge is -2.32. The molecule has 176 valence electrons. The molecule has 0 radical (unpaired) electrons. The first-order valence-corrected chi connectivity index (χ1v) is 11.8. The van der Waals surface area contributed by atoms with Gasteiger partial charge in [-0.15, -0.1) is 0 Å². The summed E-state index contributed by atoms with van der Waals surface area (Å²) in [7, 11) is 0. The van der Waals surface area contributed by atoms with E-state index >= 15 is 0 Å². The molecule has 0 amide bonds. The number of nitrogens with zero attached hydrogens (tertiary/aromatic N) is 2. The van der Waals surface area contributed by atoms with Gasteiger partial charge in [0.2, 0.25) is 6.79 Å². The molecule has 4 heterocycles. The van der Waals surface area contributed by atoms with E-state index in [-0.39, 0.29) is 37.0 Å². The van der Waals surface area contributed by atoms with Crippen LogP contribution in [0.15, 0.2) is 23.0 Å². The second-order valence-corrected chi connectivity index (χ2v) is 9.63. The second-order valence-electron chi connectivity index (χ2n) is 9.63. The molecule has 1 atom stereocenters. The Morgan fingerprint density at radius 3 is 2.65 bits per heavy atom. The first-order chi connectivity index (χ1) is 16.3. The Morgan fingerprint density at radius 2 is 1.91 bits per heavy atom. The lowest BCUT2D eigenvalue weighted by molar-refractivity contribution is -0.140.